The molecule has 2 aromatic rings. The fraction of sp³-hybridized carbons (Fsp3) is 0.333. The van der Waals surface area contributed by atoms with E-state index in [1.165, 1.54) is 0 Å². The van der Waals surface area contributed by atoms with Gasteiger partial charge in [0.15, 0.2) is 0 Å². The molecule has 0 aliphatic carbocycles. The van der Waals surface area contributed by atoms with Crippen molar-refractivity contribution in [2.75, 3.05) is 32.1 Å². The van der Waals surface area contributed by atoms with E-state index >= 15 is 0 Å². The molecule has 1 aliphatic heterocycles. The van der Waals surface area contributed by atoms with Gasteiger partial charge >= 0.3 is 5.97 Å². The van der Waals surface area contributed by atoms with Crippen molar-refractivity contribution in [3.05, 3.63) is 65.2 Å². The SMILES string of the molecule is Cc1ccccc1[C@H]1CN(C(=O)c2cccc(N(C)C)c2)C[C@@H]1C(=O)O. The predicted molar refractivity (Wildman–Crippen MR) is 102 cm³/mol. The van der Waals surface area contributed by atoms with Crippen molar-refractivity contribution >= 4 is 17.6 Å². The molecule has 1 amide bonds. The van der Waals surface area contributed by atoms with Gasteiger partial charge in [0.25, 0.3) is 5.91 Å². The van der Waals surface area contributed by atoms with E-state index in [1.807, 2.05) is 68.4 Å². The van der Waals surface area contributed by atoms with Gasteiger partial charge in [0.2, 0.25) is 0 Å². The van der Waals surface area contributed by atoms with E-state index in [4.69, 9.17) is 0 Å². The molecule has 0 radical (unpaired) electrons. The Balaban J connectivity index is 1.88. The number of aryl methyl sites for hydroxylation is 1. The standard InChI is InChI=1S/C21H24N2O3/c1-14-7-4-5-10-17(14)18-12-23(13-19(18)21(25)26)20(24)15-8-6-9-16(11-15)22(2)3/h4-11,18-19H,12-13H2,1-3H3,(H,25,26)/t18-,19+/m1/s1. The highest BCUT2D eigenvalue weighted by molar-refractivity contribution is 5.96. The smallest absolute Gasteiger partial charge is 0.308 e. The van der Waals surface area contributed by atoms with Crippen LogP contribution >= 0.6 is 0 Å². The molecular formula is C21H24N2O3. The number of anilines is 1. The summed E-state index contributed by atoms with van der Waals surface area (Å²) in [6, 6.07) is 15.2. The summed E-state index contributed by atoms with van der Waals surface area (Å²) in [6.07, 6.45) is 0. The molecule has 0 saturated carbocycles. The maximum atomic E-state index is 13.0. The van der Waals surface area contributed by atoms with Gasteiger partial charge < -0.3 is 14.9 Å². The number of carboxylic acid groups (broad SMARTS) is 1. The first-order valence-corrected chi connectivity index (χ1v) is 8.73. The highest BCUT2D eigenvalue weighted by Crippen LogP contribution is 2.35. The molecule has 5 nitrogen and oxygen atoms in total. The van der Waals surface area contributed by atoms with Crippen molar-refractivity contribution in [1.29, 1.82) is 0 Å². The third-order valence-electron chi connectivity index (χ3n) is 5.12. The topological polar surface area (TPSA) is 60.9 Å². The Bertz CT molecular complexity index is 832. The summed E-state index contributed by atoms with van der Waals surface area (Å²) in [7, 11) is 3.85. The van der Waals surface area contributed by atoms with Gasteiger partial charge in [-0.1, -0.05) is 30.3 Å². The molecule has 2 aromatic carbocycles. The third kappa shape index (κ3) is 3.43. The minimum atomic E-state index is -0.851. The van der Waals surface area contributed by atoms with Crippen LogP contribution in [0.5, 0.6) is 0 Å². The fourth-order valence-corrected chi connectivity index (χ4v) is 3.64. The quantitative estimate of drug-likeness (QED) is 0.919. The van der Waals surface area contributed by atoms with Crippen LogP contribution in [0.4, 0.5) is 5.69 Å². The van der Waals surface area contributed by atoms with Crippen LogP contribution in [0.2, 0.25) is 0 Å². The summed E-state index contributed by atoms with van der Waals surface area (Å²) in [5, 5.41) is 9.68. The largest absolute Gasteiger partial charge is 0.481 e. The lowest BCUT2D eigenvalue weighted by atomic mass is 9.86. The number of carboxylic acids is 1. The lowest BCUT2D eigenvalue weighted by Gasteiger charge is -2.19. The van der Waals surface area contributed by atoms with Crippen molar-refractivity contribution in [2.45, 2.75) is 12.8 Å². The fourth-order valence-electron chi connectivity index (χ4n) is 3.64. The number of aliphatic carboxylic acids is 1. The molecule has 1 N–H and O–H groups in total. The minimum absolute atomic E-state index is 0.115. The number of hydrogen-bond donors (Lipinski definition) is 1. The number of likely N-dealkylation sites (tertiary alicyclic amines) is 1. The Hall–Kier alpha value is -2.82. The molecule has 1 fully saturated rings. The number of amides is 1. The van der Waals surface area contributed by atoms with Crippen LogP contribution < -0.4 is 4.90 Å². The zero-order valence-electron chi connectivity index (χ0n) is 15.3. The van der Waals surface area contributed by atoms with Crippen LogP contribution in [0, 0.1) is 12.8 Å². The minimum Gasteiger partial charge on any atom is -0.481 e. The highest BCUT2D eigenvalue weighted by atomic mass is 16.4. The van der Waals surface area contributed by atoms with Crippen LogP contribution in [0.25, 0.3) is 0 Å². The Morgan fingerprint density at radius 1 is 1.08 bits per heavy atom. The van der Waals surface area contributed by atoms with E-state index in [1.54, 1.807) is 11.0 Å². The van der Waals surface area contributed by atoms with E-state index in [-0.39, 0.29) is 18.4 Å². The van der Waals surface area contributed by atoms with Gasteiger partial charge in [-0.15, -0.1) is 0 Å². The van der Waals surface area contributed by atoms with Gasteiger partial charge in [-0.25, -0.2) is 0 Å². The van der Waals surface area contributed by atoms with Crippen molar-refractivity contribution in [2.24, 2.45) is 5.92 Å². The van der Waals surface area contributed by atoms with E-state index in [2.05, 4.69) is 0 Å². The Kier molecular flexibility index (Phi) is 4.98. The molecular weight excluding hydrogens is 328 g/mol. The number of carbonyl (C=O) groups excluding carboxylic acids is 1. The summed E-state index contributed by atoms with van der Waals surface area (Å²) in [6.45, 7) is 2.64. The number of carbonyl (C=O) groups is 2. The van der Waals surface area contributed by atoms with Crippen LogP contribution in [-0.4, -0.2) is 49.1 Å². The molecule has 1 heterocycles. The second-order valence-electron chi connectivity index (χ2n) is 7.06. The summed E-state index contributed by atoms with van der Waals surface area (Å²) < 4.78 is 0. The average molecular weight is 352 g/mol. The molecule has 1 saturated heterocycles. The first-order chi connectivity index (χ1) is 12.4. The predicted octanol–water partition coefficient (Wildman–Crippen LogP) is 3.00. The number of benzene rings is 2. The molecule has 1 aliphatic rings. The maximum Gasteiger partial charge on any atom is 0.308 e. The van der Waals surface area contributed by atoms with Crippen LogP contribution in [-0.2, 0) is 4.79 Å². The number of nitrogens with zero attached hydrogens (tertiary/aromatic N) is 2. The van der Waals surface area contributed by atoms with Gasteiger partial charge in [-0.05, 0) is 36.2 Å². The van der Waals surface area contributed by atoms with E-state index in [0.717, 1.165) is 16.8 Å². The monoisotopic (exact) mass is 352 g/mol. The third-order valence-corrected chi connectivity index (χ3v) is 5.12. The first-order valence-electron chi connectivity index (χ1n) is 8.73. The second kappa shape index (κ2) is 7.20. The normalized spacial score (nSPS) is 19.4. The van der Waals surface area contributed by atoms with Crippen LogP contribution in [0.3, 0.4) is 0 Å². The van der Waals surface area contributed by atoms with Gasteiger partial charge in [0.1, 0.15) is 0 Å². The van der Waals surface area contributed by atoms with E-state index < -0.39 is 11.9 Å². The van der Waals surface area contributed by atoms with Crippen molar-refractivity contribution in [3.8, 4) is 0 Å². The van der Waals surface area contributed by atoms with Crippen molar-refractivity contribution < 1.29 is 14.7 Å². The Labute approximate surface area is 153 Å². The average Bonchev–Trinajstić information content (AvgIpc) is 3.07. The summed E-state index contributed by atoms with van der Waals surface area (Å²) in [5.41, 5.74) is 3.61. The summed E-state index contributed by atoms with van der Waals surface area (Å²) in [5.74, 6) is -1.74. The molecule has 2 atom stereocenters. The first kappa shape index (κ1) is 18.0. The van der Waals surface area contributed by atoms with Gasteiger partial charge in [0, 0.05) is 44.4 Å². The molecule has 136 valence electrons. The van der Waals surface area contributed by atoms with Gasteiger partial charge in [-0.2, -0.15) is 0 Å². The molecule has 5 heteroatoms. The molecule has 3 rings (SSSR count). The van der Waals surface area contributed by atoms with Crippen LogP contribution in [0.1, 0.15) is 27.4 Å². The summed E-state index contributed by atoms with van der Waals surface area (Å²) in [4.78, 5) is 28.4. The second-order valence-corrected chi connectivity index (χ2v) is 7.06. The molecule has 0 bridgehead atoms. The van der Waals surface area contributed by atoms with Crippen LogP contribution in [0.15, 0.2) is 48.5 Å². The number of hydrogen-bond acceptors (Lipinski definition) is 3. The van der Waals surface area contributed by atoms with Crippen molar-refractivity contribution in [3.63, 3.8) is 0 Å². The Morgan fingerprint density at radius 3 is 2.46 bits per heavy atom. The molecule has 0 aromatic heterocycles. The van der Waals surface area contributed by atoms with E-state index in [9.17, 15) is 14.7 Å². The zero-order chi connectivity index (χ0) is 18.8. The number of rotatable bonds is 4. The molecule has 0 spiro atoms. The lowest BCUT2D eigenvalue weighted by Crippen LogP contribution is -2.30. The maximum absolute atomic E-state index is 13.0. The van der Waals surface area contributed by atoms with E-state index in [0.29, 0.717) is 12.1 Å². The molecule has 26 heavy (non-hydrogen) atoms. The lowest BCUT2D eigenvalue weighted by molar-refractivity contribution is -0.141. The zero-order valence-corrected chi connectivity index (χ0v) is 15.3. The molecule has 0 unspecified atom stereocenters. The van der Waals surface area contributed by atoms with Gasteiger partial charge in [0.05, 0.1) is 5.92 Å². The highest BCUT2D eigenvalue weighted by Gasteiger charge is 2.41. The van der Waals surface area contributed by atoms with Gasteiger partial charge in [-0.3, -0.25) is 9.59 Å². The Morgan fingerprint density at radius 2 is 1.81 bits per heavy atom. The van der Waals surface area contributed by atoms with Crippen molar-refractivity contribution in [1.82, 2.24) is 4.90 Å². The summed E-state index contributed by atoms with van der Waals surface area (Å²) >= 11 is 0.